The van der Waals surface area contributed by atoms with Crippen LogP contribution in [-0.4, -0.2) is 26.3 Å². The van der Waals surface area contributed by atoms with E-state index in [4.69, 9.17) is 22.1 Å². The van der Waals surface area contributed by atoms with Crippen LogP contribution in [0.25, 0.3) is 0 Å². The summed E-state index contributed by atoms with van der Waals surface area (Å²) in [5.41, 5.74) is 8.62. The fourth-order valence-electron chi connectivity index (χ4n) is 2.39. The van der Waals surface area contributed by atoms with Gasteiger partial charge in [0.05, 0.1) is 13.2 Å². The largest absolute Gasteiger partial charge is 0.378 e. The van der Waals surface area contributed by atoms with Gasteiger partial charge in [-0.15, -0.1) is 0 Å². The van der Waals surface area contributed by atoms with Crippen molar-refractivity contribution in [3.63, 3.8) is 0 Å². The monoisotopic (exact) mass is 252 g/mol. The zero-order valence-electron chi connectivity index (χ0n) is 9.79. The first kappa shape index (κ1) is 11.3. The lowest BCUT2D eigenvalue weighted by Gasteiger charge is -2.32. The molecule has 0 spiro atoms. The van der Waals surface area contributed by atoms with Gasteiger partial charge in [-0.1, -0.05) is 11.6 Å². The molecule has 3 rings (SSSR count). The number of morpholine rings is 1. The Bertz CT molecular complexity index is 425. The molecule has 0 atom stereocenters. The molecular weight excluding hydrogens is 236 g/mol. The third-order valence-corrected chi connectivity index (χ3v) is 3.87. The summed E-state index contributed by atoms with van der Waals surface area (Å²) in [6.07, 6.45) is 2.12. The fourth-order valence-corrected chi connectivity index (χ4v) is 2.56. The zero-order valence-corrected chi connectivity index (χ0v) is 10.5. The van der Waals surface area contributed by atoms with Crippen LogP contribution in [0.1, 0.15) is 18.4 Å². The molecule has 4 heteroatoms. The Morgan fingerprint density at radius 1 is 1.24 bits per heavy atom. The van der Waals surface area contributed by atoms with Crippen molar-refractivity contribution in [2.45, 2.75) is 18.4 Å². The van der Waals surface area contributed by atoms with Gasteiger partial charge in [-0.05, 0) is 36.6 Å². The van der Waals surface area contributed by atoms with Crippen LogP contribution in [0.5, 0.6) is 0 Å². The van der Waals surface area contributed by atoms with Crippen molar-refractivity contribution in [2.75, 3.05) is 31.2 Å². The first-order valence-electron chi connectivity index (χ1n) is 6.11. The Balaban J connectivity index is 1.97. The third-order valence-electron chi connectivity index (χ3n) is 3.64. The van der Waals surface area contributed by atoms with Crippen LogP contribution in [-0.2, 0) is 10.3 Å². The van der Waals surface area contributed by atoms with E-state index < -0.39 is 0 Å². The third kappa shape index (κ3) is 2.15. The minimum atomic E-state index is -0.140. The first-order chi connectivity index (χ1) is 8.19. The van der Waals surface area contributed by atoms with Gasteiger partial charge in [0, 0.05) is 29.3 Å². The van der Waals surface area contributed by atoms with Crippen molar-refractivity contribution in [2.24, 2.45) is 5.73 Å². The van der Waals surface area contributed by atoms with Gasteiger partial charge in [-0.3, -0.25) is 0 Å². The van der Waals surface area contributed by atoms with Crippen LogP contribution >= 0.6 is 11.6 Å². The number of ether oxygens (including phenoxy) is 1. The molecule has 2 N–H and O–H groups in total. The molecule has 1 heterocycles. The summed E-state index contributed by atoms with van der Waals surface area (Å²) < 4.78 is 5.39. The van der Waals surface area contributed by atoms with Crippen molar-refractivity contribution in [3.8, 4) is 0 Å². The topological polar surface area (TPSA) is 38.5 Å². The number of hydrogen-bond donors (Lipinski definition) is 1. The number of anilines is 1. The fraction of sp³-hybridized carbons (Fsp3) is 0.538. The predicted octanol–water partition coefficient (Wildman–Crippen LogP) is 2.12. The van der Waals surface area contributed by atoms with E-state index >= 15 is 0 Å². The summed E-state index contributed by atoms with van der Waals surface area (Å²) in [5.74, 6) is 0. The van der Waals surface area contributed by atoms with Crippen LogP contribution in [0.2, 0.25) is 5.02 Å². The molecule has 1 aromatic carbocycles. The number of rotatable bonds is 2. The summed E-state index contributed by atoms with van der Waals surface area (Å²) in [6, 6.07) is 6.07. The maximum Gasteiger partial charge on any atom is 0.0642 e. The van der Waals surface area contributed by atoms with Crippen molar-refractivity contribution in [3.05, 3.63) is 28.8 Å². The molecule has 1 aliphatic heterocycles. The Morgan fingerprint density at radius 3 is 2.59 bits per heavy atom. The van der Waals surface area contributed by atoms with E-state index in [0.717, 1.165) is 44.2 Å². The quantitative estimate of drug-likeness (QED) is 0.876. The second-order valence-corrected chi connectivity index (χ2v) is 5.35. The standard InChI is InChI=1S/C13H17ClN2O/c14-10-1-2-12(16-5-7-17-8-6-16)11(9-10)13(15)3-4-13/h1-2,9H,3-8,15H2. The average Bonchev–Trinajstić information content (AvgIpc) is 3.10. The Labute approximate surface area is 106 Å². The predicted molar refractivity (Wildman–Crippen MR) is 69.6 cm³/mol. The van der Waals surface area contributed by atoms with Gasteiger partial charge in [0.2, 0.25) is 0 Å². The Hall–Kier alpha value is -0.770. The lowest BCUT2D eigenvalue weighted by Crippen LogP contribution is -2.38. The number of halogens is 1. The van der Waals surface area contributed by atoms with Crippen molar-refractivity contribution in [1.82, 2.24) is 0 Å². The molecule has 1 saturated carbocycles. The molecule has 0 amide bonds. The number of nitrogens with zero attached hydrogens (tertiary/aromatic N) is 1. The maximum atomic E-state index is 6.33. The smallest absolute Gasteiger partial charge is 0.0642 e. The lowest BCUT2D eigenvalue weighted by molar-refractivity contribution is 0.122. The SMILES string of the molecule is NC1(c2cc(Cl)ccc2N2CCOCC2)CC1. The minimum absolute atomic E-state index is 0.140. The van der Waals surface area contributed by atoms with E-state index in [9.17, 15) is 0 Å². The van der Waals surface area contributed by atoms with E-state index in [1.807, 2.05) is 12.1 Å². The normalized spacial score (nSPS) is 22.6. The highest BCUT2D eigenvalue weighted by molar-refractivity contribution is 6.30. The highest BCUT2D eigenvalue weighted by atomic mass is 35.5. The lowest BCUT2D eigenvalue weighted by atomic mass is 10.0. The van der Waals surface area contributed by atoms with Crippen LogP contribution in [0.4, 0.5) is 5.69 Å². The molecule has 3 nitrogen and oxygen atoms in total. The molecule has 2 aliphatic rings. The highest BCUT2D eigenvalue weighted by Crippen LogP contribution is 2.47. The van der Waals surface area contributed by atoms with E-state index in [0.29, 0.717) is 0 Å². The van der Waals surface area contributed by atoms with Crippen molar-refractivity contribution < 1.29 is 4.74 Å². The van der Waals surface area contributed by atoms with E-state index in [1.54, 1.807) is 0 Å². The van der Waals surface area contributed by atoms with Crippen molar-refractivity contribution >= 4 is 17.3 Å². The van der Waals surface area contributed by atoms with Crippen LogP contribution in [0.3, 0.4) is 0 Å². The van der Waals surface area contributed by atoms with Gasteiger partial charge in [0.1, 0.15) is 0 Å². The molecular formula is C13H17ClN2O. The summed E-state index contributed by atoms with van der Waals surface area (Å²) in [4.78, 5) is 2.35. The summed E-state index contributed by atoms with van der Waals surface area (Å²) in [6.45, 7) is 3.45. The molecule has 17 heavy (non-hydrogen) atoms. The molecule has 0 aromatic heterocycles. The van der Waals surface area contributed by atoms with Gasteiger partial charge in [-0.25, -0.2) is 0 Å². The zero-order chi connectivity index (χ0) is 11.9. The van der Waals surface area contributed by atoms with Crippen LogP contribution < -0.4 is 10.6 Å². The molecule has 1 aromatic rings. The second-order valence-electron chi connectivity index (χ2n) is 4.92. The molecule has 2 fully saturated rings. The van der Waals surface area contributed by atoms with E-state index in [1.165, 1.54) is 11.3 Å². The summed E-state index contributed by atoms with van der Waals surface area (Å²) in [7, 11) is 0. The Kier molecular flexibility index (Phi) is 2.77. The number of nitrogens with two attached hydrogens (primary N) is 1. The molecule has 0 unspecified atom stereocenters. The molecule has 0 bridgehead atoms. The first-order valence-corrected chi connectivity index (χ1v) is 6.48. The summed E-state index contributed by atoms with van der Waals surface area (Å²) >= 11 is 6.09. The number of benzene rings is 1. The molecule has 1 saturated heterocycles. The highest BCUT2D eigenvalue weighted by Gasteiger charge is 2.42. The second kappa shape index (κ2) is 4.16. The maximum absolute atomic E-state index is 6.33. The van der Waals surface area contributed by atoms with Gasteiger partial charge >= 0.3 is 0 Å². The molecule has 0 radical (unpaired) electrons. The summed E-state index contributed by atoms with van der Waals surface area (Å²) in [5, 5.41) is 0.772. The van der Waals surface area contributed by atoms with Crippen LogP contribution in [0, 0.1) is 0 Å². The van der Waals surface area contributed by atoms with Crippen LogP contribution in [0.15, 0.2) is 18.2 Å². The van der Waals surface area contributed by atoms with Gasteiger partial charge < -0.3 is 15.4 Å². The van der Waals surface area contributed by atoms with Gasteiger partial charge in [0.15, 0.2) is 0 Å². The number of hydrogen-bond acceptors (Lipinski definition) is 3. The Morgan fingerprint density at radius 2 is 1.94 bits per heavy atom. The van der Waals surface area contributed by atoms with Gasteiger partial charge in [0.25, 0.3) is 0 Å². The molecule has 92 valence electrons. The average molecular weight is 253 g/mol. The molecule has 1 aliphatic carbocycles. The van der Waals surface area contributed by atoms with Crippen molar-refractivity contribution in [1.29, 1.82) is 0 Å². The van der Waals surface area contributed by atoms with E-state index in [-0.39, 0.29) is 5.54 Å². The minimum Gasteiger partial charge on any atom is -0.378 e. The van der Waals surface area contributed by atoms with E-state index in [2.05, 4.69) is 11.0 Å². The van der Waals surface area contributed by atoms with Gasteiger partial charge in [-0.2, -0.15) is 0 Å².